The van der Waals surface area contributed by atoms with Crippen LogP contribution in [0.2, 0.25) is 0 Å². The number of carboxylic acids is 1. The molecule has 1 heterocycles. The van der Waals surface area contributed by atoms with Gasteiger partial charge >= 0.3 is 5.97 Å². The van der Waals surface area contributed by atoms with Crippen LogP contribution in [0.3, 0.4) is 0 Å². The Bertz CT molecular complexity index is 486. The van der Waals surface area contributed by atoms with Gasteiger partial charge in [-0.15, -0.1) is 0 Å². The summed E-state index contributed by atoms with van der Waals surface area (Å²) in [6.45, 7) is 0. The highest BCUT2D eigenvalue weighted by Gasteiger charge is 2.23. The average Bonchev–Trinajstić information content (AvgIpc) is 2.85. The number of hydrogen-bond acceptors (Lipinski definition) is 3. The van der Waals surface area contributed by atoms with Crippen LogP contribution in [0.25, 0.3) is 0 Å². The Labute approximate surface area is 117 Å². The van der Waals surface area contributed by atoms with Crippen molar-refractivity contribution >= 4 is 45.3 Å². The summed E-state index contributed by atoms with van der Waals surface area (Å²) in [4.78, 5) is 22.7. The number of anilines is 1. The molecule has 0 aromatic heterocycles. The third-order valence-electron chi connectivity index (χ3n) is 2.77. The summed E-state index contributed by atoms with van der Waals surface area (Å²) in [6.07, 6.45) is 0.904. The van der Waals surface area contributed by atoms with Gasteiger partial charge in [0.25, 0.3) is 0 Å². The van der Waals surface area contributed by atoms with Gasteiger partial charge in [0.2, 0.25) is 5.91 Å². The lowest BCUT2D eigenvalue weighted by molar-refractivity contribution is -0.119. The van der Waals surface area contributed by atoms with Gasteiger partial charge in [0.15, 0.2) is 0 Å². The van der Waals surface area contributed by atoms with Gasteiger partial charge in [-0.25, -0.2) is 4.79 Å². The molecule has 0 spiro atoms. The molecule has 1 aliphatic heterocycles. The number of carbonyl (C=O) groups excluding carboxylic acids is 1. The third-order valence-corrected chi connectivity index (χ3v) is 4.59. The zero-order chi connectivity index (χ0) is 13.1. The van der Waals surface area contributed by atoms with Crippen molar-refractivity contribution in [1.29, 1.82) is 0 Å². The first-order chi connectivity index (χ1) is 8.58. The van der Waals surface area contributed by atoms with E-state index in [1.165, 1.54) is 12.1 Å². The predicted molar refractivity (Wildman–Crippen MR) is 75.2 cm³/mol. The van der Waals surface area contributed by atoms with Gasteiger partial charge in [0.05, 0.1) is 11.3 Å². The maximum absolute atomic E-state index is 11.9. The van der Waals surface area contributed by atoms with E-state index in [-0.39, 0.29) is 17.4 Å². The fraction of sp³-hybridized carbons (Fsp3) is 0.333. The molecule has 1 fully saturated rings. The maximum atomic E-state index is 11.9. The summed E-state index contributed by atoms with van der Waals surface area (Å²) in [5, 5.41) is 11.7. The zero-order valence-electron chi connectivity index (χ0n) is 9.48. The molecular formula is C12H12BrNO3S. The van der Waals surface area contributed by atoms with Crippen LogP contribution in [0.1, 0.15) is 16.8 Å². The van der Waals surface area contributed by atoms with E-state index < -0.39 is 5.97 Å². The second-order valence-electron chi connectivity index (χ2n) is 4.05. The van der Waals surface area contributed by atoms with E-state index >= 15 is 0 Å². The molecule has 1 unspecified atom stereocenters. The van der Waals surface area contributed by atoms with E-state index in [9.17, 15) is 9.59 Å². The lowest BCUT2D eigenvalue weighted by Gasteiger charge is -2.11. The monoisotopic (exact) mass is 329 g/mol. The first-order valence-corrected chi connectivity index (χ1v) is 7.44. The summed E-state index contributed by atoms with van der Waals surface area (Å²) in [5.74, 6) is 0.957. The van der Waals surface area contributed by atoms with E-state index in [0.717, 1.165) is 17.9 Å². The van der Waals surface area contributed by atoms with Crippen molar-refractivity contribution in [1.82, 2.24) is 0 Å². The minimum atomic E-state index is -0.985. The average molecular weight is 330 g/mol. The molecular weight excluding hydrogens is 318 g/mol. The van der Waals surface area contributed by atoms with Gasteiger partial charge in [-0.05, 0) is 46.3 Å². The number of aromatic carboxylic acids is 1. The molecule has 1 atom stereocenters. The molecule has 0 radical (unpaired) electrons. The van der Waals surface area contributed by atoms with Crippen LogP contribution in [0, 0.1) is 5.92 Å². The van der Waals surface area contributed by atoms with Crippen LogP contribution in [0.15, 0.2) is 22.7 Å². The Morgan fingerprint density at radius 2 is 2.22 bits per heavy atom. The number of amides is 1. The smallest absolute Gasteiger partial charge is 0.335 e. The topological polar surface area (TPSA) is 66.4 Å². The second kappa shape index (κ2) is 5.75. The number of thioether (sulfide) groups is 1. The number of benzene rings is 1. The van der Waals surface area contributed by atoms with Crippen molar-refractivity contribution in [2.24, 2.45) is 5.92 Å². The van der Waals surface area contributed by atoms with Crippen LogP contribution in [-0.2, 0) is 4.79 Å². The molecule has 2 rings (SSSR count). The highest BCUT2D eigenvalue weighted by Crippen LogP contribution is 2.27. The van der Waals surface area contributed by atoms with Crippen LogP contribution in [0.4, 0.5) is 5.69 Å². The SMILES string of the molecule is O=C(O)c1ccc(NC(=O)C2CCSC2)c(Br)c1. The summed E-state index contributed by atoms with van der Waals surface area (Å²) in [7, 11) is 0. The minimum Gasteiger partial charge on any atom is -0.478 e. The predicted octanol–water partition coefficient (Wildman–Crippen LogP) is 2.84. The van der Waals surface area contributed by atoms with Gasteiger partial charge in [-0.3, -0.25) is 4.79 Å². The fourth-order valence-electron chi connectivity index (χ4n) is 1.73. The Hall–Kier alpha value is -1.01. The van der Waals surface area contributed by atoms with Gasteiger partial charge in [-0.2, -0.15) is 11.8 Å². The van der Waals surface area contributed by atoms with Crippen LogP contribution in [-0.4, -0.2) is 28.5 Å². The Morgan fingerprint density at radius 1 is 1.44 bits per heavy atom. The zero-order valence-corrected chi connectivity index (χ0v) is 11.9. The first kappa shape index (κ1) is 13.4. The molecule has 1 amide bonds. The van der Waals surface area contributed by atoms with Crippen molar-refractivity contribution in [3.8, 4) is 0 Å². The summed E-state index contributed by atoms with van der Waals surface area (Å²) < 4.78 is 0.585. The molecule has 96 valence electrons. The molecule has 0 saturated carbocycles. The quantitative estimate of drug-likeness (QED) is 0.894. The van der Waals surface area contributed by atoms with Crippen molar-refractivity contribution in [3.63, 3.8) is 0 Å². The Balaban J connectivity index is 2.09. The maximum Gasteiger partial charge on any atom is 0.335 e. The highest BCUT2D eigenvalue weighted by molar-refractivity contribution is 9.10. The Kier molecular flexibility index (Phi) is 4.29. The van der Waals surface area contributed by atoms with Crippen LogP contribution >= 0.6 is 27.7 Å². The van der Waals surface area contributed by atoms with Gasteiger partial charge < -0.3 is 10.4 Å². The Morgan fingerprint density at radius 3 is 2.78 bits per heavy atom. The fourth-order valence-corrected chi connectivity index (χ4v) is 3.42. The van der Waals surface area contributed by atoms with E-state index in [1.54, 1.807) is 17.8 Å². The molecule has 2 N–H and O–H groups in total. The van der Waals surface area contributed by atoms with Crippen molar-refractivity contribution < 1.29 is 14.7 Å². The van der Waals surface area contributed by atoms with Gasteiger partial charge in [0.1, 0.15) is 0 Å². The number of carboxylic acid groups (broad SMARTS) is 1. The number of hydrogen-bond donors (Lipinski definition) is 2. The normalized spacial score (nSPS) is 18.6. The lowest BCUT2D eigenvalue weighted by Crippen LogP contribution is -2.22. The van der Waals surface area contributed by atoms with E-state index in [4.69, 9.17) is 5.11 Å². The summed E-state index contributed by atoms with van der Waals surface area (Å²) in [5.41, 5.74) is 0.804. The standard InChI is InChI=1S/C12H12BrNO3S/c13-9-5-7(12(16)17)1-2-10(9)14-11(15)8-3-4-18-6-8/h1-2,5,8H,3-4,6H2,(H,14,15)(H,16,17). The van der Waals surface area contributed by atoms with Crippen molar-refractivity contribution in [2.75, 3.05) is 16.8 Å². The van der Waals surface area contributed by atoms with Crippen LogP contribution in [0.5, 0.6) is 0 Å². The molecule has 1 saturated heterocycles. The van der Waals surface area contributed by atoms with E-state index in [0.29, 0.717) is 10.2 Å². The molecule has 4 nitrogen and oxygen atoms in total. The largest absolute Gasteiger partial charge is 0.478 e. The summed E-state index contributed by atoms with van der Waals surface area (Å²) in [6, 6.07) is 4.57. The third kappa shape index (κ3) is 3.05. The van der Waals surface area contributed by atoms with E-state index in [1.807, 2.05) is 0 Å². The van der Waals surface area contributed by atoms with Gasteiger partial charge in [-0.1, -0.05) is 0 Å². The highest BCUT2D eigenvalue weighted by atomic mass is 79.9. The van der Waals surface area contributed by atoms with Gasteiger partial charge in [0, 0.05) is 16.1 Å². The molecule has 0 bridgehead atoms. The minimum absolute atomic E-state index is 0.00350. The molecule has 18 heavy (non-hydrogen) atoms. The molecule has 6 heteroatoms. The number of carbonyl (C=O) groups is 2. The van der Waals surface area contributed by atoms with Crippen LogP contribution < -0.4 is 5.32 Å². The number of halogens is 1. The first-order valence-electron chi connectivity index (χ1n) is 5.49. The van der Waals surface area contributed by atoms with Crippen molar-refractivity contribution in [3.05, 3.63) is 28.2 Å². The molecule has 0 aliphatic carbocycles. The number of rotatable bonds is 3. The van der Waals surface area contributed by atoms with E-state index in [2.05, 4.69) is 21.2 Å². The molecule has 1 aliphatic rings. The lowest BCUT2D eigenvalue weighted by atomic mass is 10.1. The molecule has 1 aromatic carbocycles. The number of nitrogens with one attached hydrogen (secondary N) is 1. The second-order valence-corrected chi connectivity index (χ2v) is 6.05. The van der Waals surface area contributed by atoms with Crippen molar-refractivity contribution in [2.45, 2.75) is 6.42 Å². The molecule has 1 aromatic rings. The summed E-state index contributed by atoms with van der Waals surface area (Å²) >= 11 is 5.05.